The maximum atomic E-state index is 10.6. The second kappa shape index (κ2) is 9.24. The first kappa shape index (κ1) is 23.4. The molecule has 0 radical (unpaired) electrons. The third-order valence-corrected chi connectivity index (χ3v) is 6.70. The molecular weight excluding hydrogens is 409 g/mol. The summed E-state index contributed by atoms with van der Waals surface area (Å²) in [5.41, 5.74) is 2.64. The van der Waals surface area contributed by atoms with Gasteiger partial charge >= 0.3 is 7.48 Å². The van der Waals surface area contributed by atoms with Gasteiger partial charge in [-0.25, -0.2) is 0 Å². The van der Waals surface area contributed by atoms with E-state index in [-0.39, 0.29) is 6.23 Å². The van der Waals surface area contributed by atoms with Crippen molar-refractivity contribution >= 4 is 29.5 Å². The summed E-state index contributed by atoms with van der Waals surface area (Å²) in [5.74, 6) is 0.916. The molecule has 3 aromatic rings. The van der Waals surface area contributed by atoms with Crippen molar-refractivity contribution in [3.8, 4) is 0 Å². The van der Waals surface area contributed by atoms with E-state index in [2.05, 4.69) is 54.7 Å². The van der Waals surface area contributed by atoms with Gasteiger partial charge in [-0.3, -0.25) is 0 Å². The van der Waals surface area contributed by atoms with E-state index in [0.29, 0.717) is 7.48 Å². The van der Waals surface area contributed by atoms with Gasteiger partial charge in [-0.1, -0.05) is 74.0 Å². The second-order valence-corrected chi connectivity index (χ2v) is 9.82. The Labute approximate surface area is 197 Å². The summed E-state index contributed by atoms with van der Waals surface area (Å²) >= 11 is 0. The molecule has 4 rings (SSSR count). The molecule has 0 fully saturated rings. The molecule has 0 spiro atoms. The lowest BCUT2D eigenvalue weighted by atomic mass is 9.79. The first-order valence-electron chi connectivity index (χ1n) is 11.8. The van der Waals surface area contributed by atoms with E-state index >= 15 is 0 Å². The summed E-state index contributed by atoms with van der Waals surface area (Å²) in [6.07, 6.45) is 1.66. The third-order valence-electron chi connectivity index (χ3n) is 6.70. The van der Waals surface area contributed by atoms with E-state index in [1.807, 2.05) is 38.1 Å². The molecule has 1 atom stereocenters. The Hall–Kier alpha value is -2.76. The Bertz CT molecular complexity index is 1150. The lowest BCUT2D eigenvalue weighted by molar-refractivity contribution is -0.0893. The van der Waals surface area contributed by atoms with Gasteiger partial charge in [0.2, 0.25) is 0 Å². The second-order valence-electron chi connectivity index (χ2n) is 9.82. The molecule has 0 bridgehead atoms. The molecule has 0 aromatic heterocycles. The van der Waals surface area contributed by atoms with Crippen LogP contribution >= 0.6 is 0 Å². The highest BCUT2D eigenvalue weighted by Crippen LogP contribution is 2.35. The van der Waals surface area contributed by atoms with Crippen molar-refractivity contribution in [2.45, 2.75) is 64.9 Å². The fourth-order valence-corrected chi connectivity index (χ4v) is 3.96. The van der Waals surface area contributed by atoms with Crippen LogP contribution in [0.3, 0.4) is 0 Å². The molecule has 0 saturated heterocycles. The quantitative estimate of drug-likeness (QED) is 0.472. The van der Waals surface area contributed by atoms with E-state index < -0.39 is 11.2 Å². The van der Waals surface area contributed by atoms with Gasteiger partial charge in [-0.15, -0.1) is 0 Å². The molecular formula is C28H34BNO3. The molecule has 5 heteroatoms. The first-order valence-corrected chi connectivity index (χ1v) is 11.8. The van der Waals surface area contributed by atoms with Gasteiger partial charge in [0.15, 0.2) is 6.23 Å². The number of fused-ring (bicyclic) bond motifs is 1. The summed E-state index contributed by atoms with van der Waals surface area (Å²) in [6, 6.07) is 23.0. The number of rotatable bonds is 8. The molecule has 2 N–H and O–H groups in total. The van der Waals surface area contributed by atoms with Crippen LogP contribution in [-0.2, 0) is 9.39 Å². The average molecular weight is 443 g/mol. The molecule has 4 nitrogen and oxygen atoms in total. The maximum absolute atomic E-state index is 10.6. The van der Waals surface area contributed by atoms with Crippen LogP contribution in [0, 0.1) is 0 Å². The lowest BCUT2D eigenvalue weighted by Gasteiger charge is -2.38. The molecule has 1 aliphatic heterocycles. The molecule has 0 saturated carbocycles. The average Bonchev–Trinajstić information content (AvgIpc) is 3.21. The van der Waals surface area contributed by atoms with Gasteiger partial charge < -0.3 is 19.8 Å². The highest BCUT2D eigenvalue weighted by molar-refractivity contribution is 6.48. The topological polar surface area (TPSA) is 50.7 Å². The van der Waals surface area contributed by atoms with Gasteiger partial charge in [0.05, 0.1) is 16.9 Å². The van der Waals surface area contributed by atoms with Gasteiger partial charge in [0.1, 0.15) is 5.76 Å². The van der Waals surface area contributed by atoms with Gasteiger partial charge in [-0.2, -0.15) is 0 Å². The van der Waals surface area contributed by atoms with Crippen LogP contribution in [0.5, 0.6) is 0 Å². The monoisotopic (exact) mass is 443 g/mol. The van der Waals surface area contributed by atoms with E-state index in [9.17, 15) is 5.11 Å². The van der Waals surface area contributed by atoms with Crippen molar-refractivity contribution in [2.24, 2.45) is 0 Å². The third kappa shape index (κ3) is 4.95. The van der Waals surface area contributed by atoms with Gasteiger partial charge in [0.25, 0.3) is 0 Å². The largest absolute Gasteiger partial charge is 0.464 e. The highest BCUT2D eigenvalue weighted by Gasteiger charge is 2.36. The fraction of sp³-hybridized carbons (Fsp3) is 0.357. The Kier molecular flexibility index (Phi) is 6.55. The van der Waals surface area contributed by atoms with Gasteiger partial charge in [-0.05, 0) is 56.4 Å². The van der Waals surface area contributed by atoms with Crippen molar-refractivity contribution in [2.75, 3.05) is 0 Å². The van der Waals surface area contributed by atoms with Crippen LogP contribution in [0.1, 0.15) is 64.8 Å². The summed E-state index contributed by atoms with van der Waals surface area (Å²) in [4.78, 5) is 0. The maximum Gasteiger partial charge on any atom is 0.309 e. The van der Waals surface area contributed by atoms with Crippen LogP contribution in [0.15, 0.2) is 72.4 Å². The molecule has 33 heavy (non-hydrogen) atoms. The van der Waals surface area contributed by atoms with E-state index in [1.165, 1.54) is 0 Å². The molecule has 1 aliphatic rings. The van der Waals surface area contributed by atoms with Gasteiger partial charge in [0, 0.05) is 11.1 Å². The minimum atomic E-state index is -0.970. The summed E-state index contributed by atoms with van der Waals surface area (Å²) in [7, 11) is 0.377. The first-order chi connectivity index (χ1) is 15.7. The van der Waals surface area contributed by atoms with Crippen LogP contribution in [0.25, 0.3) is 16.5 Å². The zero-order chi connectivity index (χ0) is 23.6. The van der Waals surface area contributed by atoms with Crippen LogP contribution < -0.4 is 10.8 Å². The Morgan fingerprint density at radius 1 is 0.970 bits per heavy atom. The number of hydrogen-bond donors (Lipinski definition) is 2. The molecule has 0 aliphatic carbocycles. The summed E-state index contributed by atoms with van der Waals surface area (Å²) in [6.45, 7) is 9.59. The van der Waals surface area contributed by atoms with Crippen molar-refractivity contribution < 1.29 is 14.5 Å². The molecule has 1 heterocycles. The number of aliphatic hydroxyl groups is 1. The molecule has 3 aromatic carbocycles. The number of nitrogens with one attached hydrogen (secondary N) is 1. The van der Waals surface area contributed by atoms with E-state index in [0.717, 1.165) is 51.7 Å². The Balaban J connectivity index is 1.70. The number of allylic oxidation sites excluding steroid dienone is 1. The van der Waals surface area contributed by atoms with E-state index in [4.69, 9.17) is 9.39 Å². The molecule has 1 unspecified atom stereocenters. The standard InChI is InChI=1S/C28H34BNO3/c1-6-12-24-25(19-13-8-7-9-14-19)32-26(30-24)22-17-20-15-10-11-16-21(20)18-23(22)29-33-28(4,5)27(2,3)31/h7-11,13-18,26,29-31H,6,12H2,1-5H3. The predicted octanol–water partition coefficient (Wildman–Crippen LogP) is 5.17. The zero-order valence-electron chi connectivity index (χ0n) is 20.3. The Morgan fingerprint density at radius 3 is 2.24 bits per heavy atom. The zero-order valence-corrected chi connectivity index (χ0v) is 20.3. The molecule has 0 amide bonds. The fourth-order valence-electron chi connectivity index (χ4n) is 3.96. The van der Waals surface area contributed by atoms with Crippen LogP contribution in [0.2, 0.25) is 0 Å². The van der Waals surface area contributed by atoms with Crippen molar-refractivity contribution in [1.29, 1.82) is 0 Å². The lowest BCUT2D eigenvalue weighted by Crippen LogP contribution is -2.49. The Morgan fingerprint density at radius 2 is 1.61 bits per heavy atom. The van der Waals surface area contributed by atoms with Crippen molar-refractivity contribution in [3.63, 3.8) is 0 Å². The minimum Gasteiger partial charge on any atom is -0.464 e. The molecule has 172 valence electrons. The van der Waals surface area contributed by atoms with E-state index in [1.54, 1.807) is 13.8 Å². The smallest absolute Gasteiger partial charge is 0.309 e. The van der Waals surface area contributed by atoms with Crippen LogP contribution in [-0.4, -0.2) is 23.8 Å². The number of hydrogen-bond acceptors (Lipinski definition) is 4. The summed E-state index contributed by atoms with van der Waals surface area (Å²) in [5, 5.41) is 16.5. The normalized spacial score (nSPS) is 16.6. The minimum absolute atomic E-state index is 0.296. The van der Waals surface area contributed by atoms with Crippen molar-refractivity contribution in [3.05, 3.63) is 83.6 Å². The van der Waals surface area contributed by atoms with Crippen molar-refractivity contribution in [1.82, 2.24) is 5.32 Å². The number of benzene rings is 3. The highest BCUT2D eigenvalue weighted by atomic mass is 16.5. The summed E-state index contributed by atoms with van der Waals surface area (Å²) < 4.78 is 12.8. The number of ether oxygens (including phenoxy) is 1. The van der Waals surface area contributed by atoms with Crippen LogP contribution in [0.4, 0.5) is 0 Å². The predicted molar refractivity (Wildman–Crippen MR) is 137 cm³/mol. The SMILES string of the molecule is CCCC1=C(c2ccccc2)OC(c2cc3ccccc3cc2BOC(C)(C)C(C)(C)O)N1.